The summed E-state index contributed by atoms with van der Waals surface area (Å²) in [6.07, 6.45) is 0. The van der Waals surface area contributed by atoms with Gasteiger partial charge in [0, 0.05) is 11.9 Å². The maximum atomic E-state index is 6.23. The monoisotopic (exact) mass is 241 g/mol. The van der Waals surface area contributed by atoms with Crippen LogP contribution in [0.15, 0.2) is 17.1 Å². The molecular formula is C13H15N5. The van der Waals surface area contributed by atoms with Crippen molar-refractivity contribution < 1.29 is 0 Å². The van der Waals surface area contributed by atoms with Crippen molar-refractivity contribution in [1.82, 2.24) is 15.5 Å². The lowest BCUT2D eigenvalue weighted by Crippen LogP contribution is -2.22. The Labute approximate surface area is 105 Å². The van der Waals surface area contributed by atoms with Crippen molar-refractivity contribution in [3.63, 3.8) is 0 Å². The second-order valence-corrected chi connectivity index (χ2v) is 4.60. The molecule has 0 saturated heterocycles. The zero-order valence-electron chi connectivity index (χ0n) is 10.5. The summed E-state index contributed by atoms with van der Waals surface area (Å²) in [6, 6.07) is 4.10. The maximum Gasteiger partial charge on any atom is 0.151 e. The third-order valence-electron chi connectivity index (χ3n) is 3.14. The van der Waals surface area contributed by atoms with Gasteiger partial charge in [-0.3, -0.25) is 4.99 Å². The summed E-state index contributed by atoms with van der Waals surface area (Å²) >= 11 is 0. The van der Waals surface area contributed by atoms with Crippen LogP contribution in [0.2, 0.25) is 0 Å². The third-order valence-corrected chi connectivity index (χ3v) is 3.14. The zero-order chi connectivity index (χ0) is 12.7. The number of benzene rings is 1. The number of amidine groups is 1. The Balaban J connectivity index is 2.28. The summed E-state index contributed by atoms with van der Waals surface area (Å²) in [5.74, 6) is 0.752. The summed E-state index contributed by atoms with van der Waals surface area (Å²) in [7, 11) is 0. The predicted octanol–water partition coefficient (Wildman–Crippen LogP) is 1.18. The van der Waals surface area contributed by atoms with Gasteiger partial charge in [0.25, 0.3) is 0 Å². The number of aryl methyl sites for hydroxylation is 2. The molecule has 3 rings (SSSR count). The smallest absolute Gasteiger partial charge is 0.151 e. The van der Waals surface area contributed by atoms with Crippen molar-refractivity contribution in [3.8, 4) is 0 Å². The van der Waals surface area contributed by atoms with Gasteiger partial charge in [0.05, 0.1) is 17.7 Å². The lowest BCUT2D eigenvalue weighted by atomic mass is 10.0. The molecule has 2 heterocycles. The average Bonchev–Trinajstić information content (AvgIpc) is 2.81. The Kier molecular flexibility index (Phi) is 2.40. The standard InChI is InChI=1S/C13H15N5/c1-7-5-8(2)10-9(6-7)17-18-12(11(10)14)13-15-3-4-16-13/h5-6H,3-4H2,1-2H3,(H2,14,17)(H,15,16). The van der Waals surface area contributed by atoms with Crippen LogP contribution in [-0.4, -0.2) is 29.1 Å². The molecule has 1 aromatic carbocycles. The van der Waals surface area contributed by atoms with Crippen molar-refractivity contribution in [2.24, 2.45) is 4.99 Å². The van der Waals surface area contributed by atoms with Gasteiger partial charge in [0.2, 0.25) is 0 Å². The summed E-state index contributed by atoms with van der Waals surface area (Å²) in [5, 5.41) is 12.6. The van der Waals surface area contributed by atoms with Crippen molar-refractivity contribution in [3.05, 3.63) is 29.0 Å². The molecule has 0 saturated carbocycles. The molecule has 3 N–H and O–H groups in total. The quantitative estimate of drug-likeness (QED) is 0.786. The molecular weight excluding hydrogens is 226 g/mol. The van der Waals surface area contributed by atoms with E-state index >= 15 is 0 Å². The second kappa shape index (κ2) is 3.94. The minimum absolute atomic E-state index is 0.658. The minimum atomic E-state index is 0.658. The van der Waals surface area contributed by atoms with E-state index in [0.717, 1.165) is 41.0 Å². The van der Waals surface area contributed by atoms with Gasteiger partial charge in [-0.05, 0) is 31.0 Å². The molecule has 1 aliphatic rings. The molecule has 0 aliphatic carbocycles. The van der Waals surface area contributed by atoms with Crippen molar-refractivity contribution in [2.45, 2.75) is 13.8 Å². The Morgan fingerprint density at radius 1 is 1.22 bits per heavy atom. The molecule has 0 amide bonds. The lowest BCUT2D eigenvalue weighted by Gasteiger charge is -2.10. The van der Waals surface area contributed by atoms with Gasteiger partial charge in [-0.1, -0.05) is 6.07 Å². The van der Waals surface area contributed by atoms with Gasteiger partial charge in [0.15, 0.2) is 11.5 Å². The molecule has 0 unspecified atom stereocenters. The summed E-state index contributed by atoms with van der Waals surface area (Å²) < 4.78 is 0. The molecule has 0 spiro atoms. The van der Waals surface area contributed by atoms with Crippen LogP contribution in [-0.2, 0) is 0 Å². The van der Waals surface area contributed by atoms with E-state index in [9.17, 15) is 0 Å². The molecule has 0 fully saturated rings. The van der Waals surface area contributed by atoms with Gasteiger partial charge >= 0.3 is 0 Å². The zero-order valence-corrected chi connectivity index (χ0v) is 10.5. The Bertz CT molecular complexity index is 660. The van der Waals surface area contributed by atoms with Crippen LogP contribution in [0.5, 0.6) is 0 Å². The largest absolute Gasteiger partial charge is 0.396 e. The van der Waals surface area contributed by atoms with Gasteiger partial charge in [0.1, 0.15) is 0 Å². The molecule has 5 nitrogen and oxygen atoms in total. The number of aromatic nitrogens is 2. The average molecular weight is 241 g/mol. The van der Waals surface area contributed by atoms with E-state index < -0.39 is 0 Å². The van der Waals surface area contributed by atoms with Crippen molar-refractivity contribution in [2.75, 3.05) is 18.8 Å². The molecule has 18 heavy (non-hydrogen) atoms. The molecule has 0 radical (unpaired) electrons. The van der Waals surface area contributed by atoms with Crippen molar-refractivity contribution >= 4 is 22.4 Å². The van der Waals surface area contributed by atoms with Gasteiger partial charge in [-0.2, -0.15) is 0 Å². The number of nitrogens with one attached hydrogen (secondary N) is 1. The fourth-order valence-corrected chi connectivity index (χ4v) is 2.38. The van der Waals surface area contributed by atoms with Gasteiger partial charge < -0.3 is 11.1 Å². The SMILES string of the molecule is Cc1cc(C)c2c(N)c(C3=NCCN3)nnc2c1. The normalized spacial score (nSPS) is 14.7. The summed E-state index contributed by atoms with van der Waals surface area (Å²) in [6.45, 7) is 5.69. The van der Waals surface area contributed by atoms with Crippen LogP contribution in [0, 0.1) is 13.8 Å². The van der Waals surface area contributed by atoms with E-state index in [1.807, 2.05) is 19.9 Å². The summed E-state index contributed by atoms with van der Waals surface area (Å²) in [4.78, 5) is 4.34. The molecule has 0 bridgehead atoms. The number of nitrogens with two attached hydrogens (primary N) is 1. The van der Waals surface area contributed by atoms with Crippen molar-refractivity contribution in [1.29, 1.82) is 0 Å². The van der Waals surface area contributed by atoms with Crippen LogP contribution in [0.25, 0.3) is 10.9 Å². The maximum absolute atomic E-state index is 6.23. The number of fused-ring (bicyclic) bond motifs is 1. The van der Waals surface area contributed by atoms with E-state index in [2.05, 4.69) is 26.6 Å². The van der Waals surface area contributed by atoms with Gasteiger partial charge in [-0.15, -0.1) is 10.2 Å². The molecule has 1 aromatic heterocycles. The van der Waals surface area contributed by atoms with Crippen LogP contribution in [0.1, 0.15) is 16.8 Å². The lowest BCUT2D eigenvalue weighted by molar-refractivity contribution is 0.954. The number of hydrogen-bond acceptors (Lipinski definition) is 5. The van der Waals surface area contributed by atoms with Gasteiger partial charge in [-0.25, -0.2) is 0 Å². The third kappa shape index (κ3) is 1.59. The highest BCUT2D eigenvalue weighted by Crippen LogP contribution is 2.26. The van der Waals surface area contributed by atoms with Crippen LogP contribution < -0.4 is 11.1 Å². The van der Waals surface area contributed by atoms with E-state index in [-0.39, 0.29) is 0 Å². The predicted molar refractivity (Wildman–Crippen MR) is 72.8 cm³/mol. The number of hydrogen-bond donors (Lipinski definition) is 2. The number of nitrogen functional groups attached to an aromatic ring is 1. The molecule has 5 heteroatoms. The number of anilines is 1. The first-order chi connectivity index (χ1) is 8.66. The number of rotatable bonds is 1. The van der Waals surface area contributed by atoms with E-state index in [0.29, 0.717) is 11.4 Å². The molecule has 2 aromatic rings. The highest BCUT2D eigenvalue weighted by Gasteiger charge is 2.17. The Morgan fingerprint density at radius 2 is 2.06 bits per heavy atom. The Hall–Kier alpha value is -2.17. The second-order valence-electron chi connectivity index (χ2n) is 4.60. The van der Waals surface area contributed by atoms with E-state index in [1.54, 1.807) is 0 Å². The Morgan fingerprint density at radius 3 is 2.78 bits per heavy atom. The molecule has 1 aliphatic heterocycles. The first-order valence-corrected chi connectivity index (χ1v) is 5.98. The van der Waals surface area contributed by atoms with Crippen LogP contribution in [0.4, 0.5) is 5.69 Å². The molecule has 0 atom stereocenters. The topological polar surface area (TPSA) is 76.2 Å². The number of nitrogens with zero attached hydrogens (tertiary/aromatic N) is 3. The van der Waals surface area contributed by atoms with E-state index in [1.165, 1.54) is 0 Å². The van der Waals surface area contributed by atoms with Crippen LogP contribution >= 0.6 is 0 Å². The first kappa shape index (κ1) is 11.0. The molecule has 92 valence electrons. The minimum Gasteiger partial charge on any atom is -0.396 e. The highest BCUT2D eigenvalue weighted by atomic mass is 15.2. The fourth-order valence-electron chi connectivity index (χ4n) is 2.38. The number of aliphatic imine (C=N–C) groups is 1. The van der Waals surface area contributed by atoms with E-state index in [4.69, 9.17) is 5.73 Å². The van der Waals surface area contributed by atoms with Crippen LogP contribution in [0.3, 0.4) is 0 Å². The highest BCUT2D eigenvalue weighted by molar-refractivity contribution is 6.08. The fraction of sp³-hybridized carbons (Fsp3) is 0.308. The first-order valence-electron chi connectivity index (χ1n) is 5.98. The summed E-state index contributed by atoms with van der Waals surface area (Å²) in [5.41, 5.74) is 10.7.